The number of halogens is 1. The highest BCUT2D eigenvalue weighted by Gasteiger charge is 2.28. The monoisotopic (exact) mass is 567 g/mol. The molecule has 210 valence electrons. The number of sulfone groups is 1. The number of aromatic nitrogens is 2. The number of hydrogen-bond donors (Lipinski definition) is 1. The molecule has 2 fully saturated rings. The van der Waals surface area contributed by atoms with E-state index in [1.54, 1.807) is 10.8 Å². The molecular formula is C26H38FN5O4S2. The Morgan fingerprint density at radius 2 is 1.97 bits per heavy atom. The normalized spacial score (nSPS) is 18.7. The maximum atomic E-state index is 13.5. The molecule has 0 bridgehead atoms. The van der Waals surface area contributed by atoms with Crippen molar-refractivity contribution in [3.8, 4) is 0 Å². The van der Waals surface area contributed by atoms with E-state index in [1.165, 1.54) is 24.3 Å². The molecule has 38 heavy (non-hydrogen) atoms. The van der Waals surface area contributed by atoms with Crippen molar-refractivity contribution < 1.29 is 22.3 Å². The fourth-order valence-electron chi connectivity index (χ4n) is 4.69. The third kappa shape index (κ3) is 7.95. The molecule has 1 aromatic heterocycles. The summed E-state index contributed by atoms with van der Waals surface area (Å²) in [5, 5.41) is 3.95. The molecule has 0 amide bonds. The van der Waals surface area contributed by atoms with Crippen LogP contribution in [-0.4, -0.2) is 91.0 Å². The van der Waals surface area contributed by atoms with Gasteiger partial charge in [0.2, 0.25) is 15.0 Å². The summed E-state index contributed by atoms with van der Waals surface area (Å²) in [7, 11) is -3.80. The van der Waals surface area contributed by atoms with Crippen LogP contribution in [0.15, 0.2) is 35.6 Å². The summed E-state index contributed by atoms with van der Waals surface area (Å²) < 4.78 is 53.5. The quantitative estimate of drug-likeness (QED) is 0.412. The predicted molar refractivity (Wildman–Crippen MR) is 147 cm³/mol. The van der Waals surface area contributed by atoms with Crippen LogP contribution in [-0.2, 0) is 38.2 Å². The summed E-state index contributed by atoms with van der Waals surface area (Å²) in [5.74, 6) is -0.667. The molecule has 1 N–H and O–H groups in total. The SMILES string of the molecule is CC(C)NC(=S)N(CCN1CCOCC1)Cc1cnc(S(=O)(=O)Cc2ccc(F)cc2)n1CC1CCCO1. The Kier molecular flexibility index (Phi) is 10.1. The van der Waals surface area contributed by atoms with Gasteiger partial charge in [0.15, 0.2) is 5.11 Å². The van der Waals surface area contributed by atoms with Crippen LogP contribution in [0.25, 0.3) is 0 Å². The molecule has 0 spiro atoms. The molecule has 2 saturated heterocycles. The molecule has 1 atom stereocenters. The van der Waals surface area contributed by atoms with Gasteiger partial charge in [-0.2, -0.15) is 0 Å². The Balaban J connectivity index is 1.59. The maximum Gasteiger partial charge on any atom is 0.228 e. The lowest BCUT2D eigenvalue weighted by Gasteiger charge is -2.32. The molecule has 0 saturated carbocycles. The molecular weight excluding hydrogens is 529 g/mol. The fraction of sp³-hybridized carbons (Fsp3) is 0.615. The van der Waals surface area contributed by atoms with E-state index in [2.05, 4.69) is 20.1 Å². The minimum atomic E-state index is -3.80. The molecule has 2 aliphatic rings. The van der Waals surface area contributed by atoms with Crippen LogP contribution in [0, 0.1) is 5.82 Å². The van der Waals surface area contributed by atoms with Gasteiger partial charge in [-0.3, -0.25) is 4.90 Å². The van der Waals surface area contributed by atoms with Crippen molar-refractivity contribution in [3.63, 3.8) is 0 Å². The van der Waals surface area contributed by atoms with E-state index in [0.29, 0.717) is 36.9 Å². The number of imidazole rings is 1. The summed E-state index contributed by atoms with van der Waals surface area (Å²) in [6, 6.07) is 5.68. The van der Waals surface area contributed by atoms with Crippen LogP contribution < -0.4 is 5.32 Å². The van der Waals surface area contributed by atoms with Crippen LogP contribution in [0.4, 0.5) is 4.39 Å². The molecule has 2 aromatic rings. The lowest BCUT2D eigenvalue weighted by Crippen LogP contribution is -2.47. The molecule has 9 nitrogen and oxygen atoms in total. The van der Waals surface area contributed by atoms with Gasteiger partial charge in [-0.15, -0.1) is 0 Å². The Morgan fingerprint density at radius 3 is 2.63 bits per heavy atom. The van der Waals surface area contributed by atoms with Crippen molar-refractivity contribution in [3.05, 3.63) is 47.5 Å². The van der Waals surface area contributed by atoms with Gasteiger partial charge in [0.25, 0.3) is 0 Å². The zero-order valence-corrected chi connectivity index (χ0v) is 23.8. The van der Waals surface area contributed by atoms with Gasteiger partial charge in [-0.1, -0.05) is 12.1 Å². The number of nitrogens with one attached hydrogen (secondary N) is 1. The molecule has 4 rings (SSSR count). The maximum absolute atomic E-state index is 13.5. The van der Waals surface area contributed by atoms with Crippen LogP contribution in [0.3, 0.4) is 0 Å². The van der Waals surface area contributed by atoms with Crippen molar-refractivity contribution >= 4 is 27.2 Å². The first-order valence-electron chi connectivity index (χ1n) is 13.2. The van der Waals surface area contributed by atoms with E-state index in [9.17, 15) is 12.8 Å². The summed E-state index contributed by atoms with van der Waals surface area (Å²) in [5.41, 5.74) is 1.27. The highest BCUT2D eigenvalue weighted by atomic mass is 32.2. The summed E-state index contributed by atoms with van der Waals surface area (Å²) in [6.45, 7) is 10.2. The van der Waals surface area contributed by atoms with E-state index >= 15 is 0 Å². The van der Waals surface area contributed by atoms with Gasteiger partial charge in [0, 0.05) is 38.8 Å². The number of thiocarbonyl (C=S) groups is 1. The Bertz CT molecular complexity index is 1160. The minimum absolute atomic E-state index is 0.00296. The highest BCUT2D eigenvalue weighted by molar-refractivity contribution is 7.90. The smallest absolute Gasteiger partial charge is 0.228 e. The Labute approximate surface area is 230 Å². The molecule has 0 radical (unpaired) electrons. The molecule has 1 aromatic carbocycles. The first-order chi connectivity index (χ1) is 18.2. The Morgan fingerprint density at radius 1 is 1.24 bits per heavy atom. The lowest BCUT2D eigenvalue weighted by molar-refractivity contribution is 0.0356. The number of ether oxygens (including phenoxy) is 2. The van der Waals surface area contributed by atoms with Gasteiger partial charge in [-0.05, 0) is 56.6 Å². The molecule has 3 heterocycles. The van der Waals surface area contributed by atoms with Gasteiger partial charge in [0.1, 0.15) is 5.82 Å². The van der Waals surface area contributed by atoms with Crippen molar-refractivity contribution in [2.24, 2.45) is 0 Å². The highest BCUT2D eigenvalue weighted by Crippen LogP contribution is 2.23. The van der Waals surface area contributed by atoms with Crippen LogP contribution in [0.5, 0.6) is 0 Å². The van der Waals surface area contributed by atoms with Crippen LogP contribution >= 0.6 is 12.2 Å². The molecule has 2 aliphatic heterocycles. The third-order valence-electron chi connectivity index (χ3n) is 6.70. The second-order valence-electron chi connectivity index (χ2n) is 10.1. The van der Waals surface area contributed by atoms with Gasteiger partial charge >= 0.3 is 0 Å². The standard InChI is InChI=1S/C26H38FN5O4S2/c1-20(2)29-25(37)31(10-9-30-11-14-35-15-12-30)17-23-16-28-26(32(23)18-24-4-3-13-36-24)38(33,34)19-21-5-7-22(27)8-6-21/h5-8,16,20,24H,3-4,9-15,17-19H2,1-2H3,(H,29,37). The van der Waals surface area contributed by atoms with E-state index in [0.717, 1.165) is 51.4 Å². The zero-order valence-electron chi connectivity index (χ0n) is 22.1. The van der Waals surface area contributed by atoms with Crippen molar-refractivity contribution in [2.75, 3.05) is 46.0 Å². The number of nitrogens with zero attached hydrogens (tertiary/aromatic N) is 4. The predicted octanol–water partition coefficient (Wildman–Crippen LogP) is 2.59. The van der Waals surface area contributed by atoms with Gasteiger partial charge in [0.05, 0.1) is 50.1 Å². The number of hydrogen-bond acceptors (Lipinski definition) is 7. The fourth-order valence-corrected chi connectivity index (χ4v) is 6.58. The minimum Gasteiger partial charge on any atom is -0.379 e. The number of benzene rings is 1. The van der Waals surface area contributed by atoms with Crippen LogP contribution in [0.1, 0.15) is 37.9 Å². The molecule has 0 aliphatic carbocycles. The molecule has 1 unspecified atom stereocenters. The second-order valence-corrected chi connectivity index (χ2v) is 12.4. The number of rotatable bonds is 11. The van der Waals surface area contributed by atoms with Gasteiger partial charge in [-0.25, -0.2) is 17.8 Å². The van der Waals surface area contributed by atoms with Crippen molar-refractivity contribution in [2.45, 2.75) is 62.8 Å². The summed E-state index contributed by atoms with van der Waals surface area (Å²) in [4.78, 5) is 8.81. The largest absolute Gasteiger partial charge is 0.379 e. The van der Waals surface area contributed by atoms with E-state index in [-0.39, 0.29) is 23.1 Å². The third-order valence-corrected chi connectivity index (χ3v) is 8.67. The Hall–Kier alpha value is -2.12. The average Bonchev–Trinajstić information content (AvgIpc) is 3.54. The second kappa shape index (κ2) is 13.3. The van der Waals surface area contributed by atoms with E-state index in [1.807, 2.05) is 13.8 Å². The lowest BCUT2D eigenvalue weighted by atomic mass is 10.2. The average molecular weight is 568 g/mol. The first-order valence-corrected chi connectivity index (χ1v) is 15.3. The summed E-state index contributed by atoms with van der Waals surface area (Å²) in [6.07, 6.45) is 3.36. The zero-order chi connectivity index (χ0) is 27.1. The van der Waals surface area contributed by atoms with Crippen LogP contribution in [0.2, 0.25) is 0 Å². The topological polar surface area (TPSA) is 88.9 Å². The molecule has 12 heteroatoms. The first kappa shape index (κ1) is 28.9. The number of morpholine rings is 1. The van der Waals surface area contributed by atoms with E-state index in [4.69, 9.17) is 21.7 Å². The van der Waals surface area contributed by atoms with E-state index < -0.39 is 15.7 Å². The summed E-state index contributed by atoms with van der Waals surface area (Å²) >= 11 is 5.75. The van der Waals surface area contributed by atoms with Crippen molar-refractivity contribution in [1.82, 2.24) is 24.7 Å². The van der Waals surface area contributed by atoms with Crippen molar-refractivity contribution in [1.29, 1.82) is 0 Å². The van der Waals surface area contributed by atoms with Gasteiger partial charge < -0.3 is 24.3 Å².